The molecule has 1 amide bonds. The van der Waals surface area contributed by atoms with E-state index in [9.17, 15) is 4.79 Å². The second-order valence-electron chi connectivity index (χ2n) is 7.90. The lowest BCUT2D eigenvalue weighted by atomic mass is 9.94. The number of anilines is 1. The molecule has 0 saturated carbocycles. The molecule has 0 fully saturated rings. The van der Waals surface area contributed by atoms with Crippen LogP contribution in [0, 0.1) is 5.41 Å². The van der Waals surface area contributed by atoms with Crippen LogP contribution in [0.2, 0.25) is 0 Å². The highest BCUT2D eigenvalue weighted by Gasteiger charge is 2.33. The highest BCUT2D eigenvalue weighted by Crippen LogP contribution is 2.33. The van der Waals surface area contributed by atoms with Gasteiger partial charge < -0.3 is 14.4 Å². The van der Waals surface area contributed by atoms with Gasteiger partial charge in [0.2, 0.25) is 5.91 Å². The third kappa shape index (κ3) is 4.64. The first kappa shape index (κ1) is 19.7. The molecule has 5 heteroatoms. The van der Waals surface area contributed by atoms with Crippen LogP contribution in [0.1, 0.15) is 32.8 Å². The predicted molar refractivity (Wildman–Crippen MR) is 112 cm³/mol. The highest BCUT2D eigenvalue weighted by molar-refractivity contribution is 9.10. The number of nitrogens with zero attached hydrogens (tertiary/aromatic N) is 1. The maximum Gasteiger partial charge on any atom is 0.232 e. The molecule has 27 heavy (non-hydrogen) atoms. The van der Waals surface area contributed by atoms with Gasteiger partial charge in [-0.3, -0.25) is 4.79 Å². The maximum atomic E-state index is 13.2. The number of fused-ring (bicyclic) bond motifs is 1. The van der Waals surface area contributed by atoms with Crippen molar-refractivity contribution in [3.05, 3.63) is 52.5 Å². The molecule has 3 rings (SSSR count). The van der Waals surface area contributed by atoms with E-state index in [-0.39, 0.29) is 12.0 Å². The predicted octanol–water partition coefficient (Wildman–Crippen LogP) is 5.23. The van der Waals surface area contributed by atoms with Crippen molar-refractivity contribution in [2.75, 3.05) is 18.6 Å². The van der Waals surface area contributed by atoms with E-state index in [1.54, 1.807) is 7.11 Å². The van der Waals surface area contributed by atoms with Crippen molar-refractivity contribution in [3.63, 3.8) is 0 Å². The summed E-state index contributed by atoms with van der Waals surface area (Å²) in [7, 11) is 1.64. The van der Waals surface area contributed by atoms with E-state index < -0.39 is 5.41 Å². The third-order valence-corrected chi connectivity index (χ3v) is 5.18. The fourth-order valence-electron chi connectivity index (χ4n) is 3.29. The number of amides is 1. The minimum Gasteiger partial charge on any atom is -0.497 e. The van der Waals surface area contributed by atoms with E-state index in [0.29, 0.717) is 6.54 Å². The van der Waals surface area contributed by atoms with Gasteiger partial charge in [-0.15, -0.1) is 0 Å². The molecular weight excluding hydrogens is 406 g/mol. The van der Waals surface area contributed by atoms with Crippen LogP contribution in [0.5, 0.6) is 11.5 Å². The lowest BCUT2D eigenvalue weighted by Crippen LogP contribution is -2.44. The Morgan fingerprint density at radius 2 is 1.89 bits per heavy atom. The highest BCUT2D eigenvalue weighted by atomic mass is 79.9. The van der Waals surface area contributed by atoms with E-state index in [2.05, 4.69) is 22.0 Å². The number of rotatable bonds is 3. The molecule has 1 aliphatic rings. The first-order chi connectivity index (χ1) is 12.8. The summed E-state index contributed by atoms with van der Waals surface area (Å²) in [5, 5.41) is 0. The average molecular weight is 432 g/mol. The summed E-state index contributed by atoms with van der Waals surface area (Å²) in [6, 6.07) is 13.7. The van der Waals surface area contributed by atoms with Crippen molar-refractivity contribution in [2.24, 2.45) is 5.41 Å². The van der Waals surface area contributed by atoms with Gasteiger partial charge >= 0.3 is 0 Å². The second kappa shape index (κ2) is 7.93. The van der Waals surface area contributed by atoms with E-state index in [4.69, 9.17) is 9.47 Å². The number of hydrogen-bond donors (Lipinski definition) is 0. The number of hydrogen-bond acceptors (Lipinski definition) is 3. The van der Waals surface area contributed by atoms with Crippen molar-refractivity contribution < 1.29 is 14.3 Å². The first-order valence-corrected chi connectivity index (χ1v) is 9.98. The van der Waals surface area contributed by atoms with Gasteiger partial charge in [0.25, 0.3) is 0 Å². The fraction of sp³-hybridized carbons (Fsp3) is 0.409. The lowest BCUT2D eigenvalue weighted by Gasteiger charge is -2.31. The molecule has 0 bridgehead atoms. The summed E-state index contributed by atoms with van der Waals surface area (Å²) in [5.74, 6) is 1.62. The number of ether oxygens (including phenoxy) is 2. The maximum absolute atomic E-state index is 13.2. The summed E-state index contributed by atoms with van der Waals surface area (Å²) in [4.78, 5) is 15.0. The monoisotopic (exact) mass is 431 g/mol. The molecule has 1 unspecified atom stereocenters. The van der Waals surface area contributed by atoms with Crippen LogP contribution in [0.3, 0.4) is 0 Å². The van der Waals surface area contributed by atoms with E-state index in [1.807, 2.05) is 62.1 Å². The van der Waals surface area contributed by atoms with Gasteiger partial charge in [0.15, 0.2) is 0 Å². The quantitative estimate of drug-likeness (QED) is 0.667. The third-order valence-electron chi connectivity index (χ3n) is 4.68. The van der Waals surface area contributed by atoms with Gasteiger partial charge in [0.05, 0.1) is 13.7 Å². The summed E-state index contributed by atoms with van der Waals surface area (Å²) < 4.78 is 12.6. The molecule has 0 saturated heterocycles. The molecule has 2 aromatic rings. The van der Waals surface area contributed by atoms with Crippen molar-refractivity contribution in [1.82, 2.24) is 0 Å². The summed E-state index contributed by atoms with van der Waals surface area (Å²) in [5.41, 5.74) is 1.68. The average Bonchev–Trinajstić information content (AvgIpc) is 2.80. The summed E-state index contributed by atoms with van der Waals surface area (Å²) in [6.45, 7) is 6.39. The standard InChI is InChI=1S/C22H26BrNO3/c1-22(2,3)21(25)24-14-19(27-18-7-5-6-17(13-18)26-4)10-8-15-12-16(23)9-11-20(15)24/h5-7,9,11-13,19H,8,10,14H2,1-4H3. The van der Waals surface area contributed by atoms with Crippen LogP contribution in [0.4, 0.5) is 5.69 Å². The van der Waals surface area contributed by atoms with Gasteiger partial charge in [-0.25, -0.2) is 0 Å². The van der Waals surface area contributed by atoms with Crippen molar-refractivity contribution >= 4 is 27.5 Å². The van der Waals surface area contributed by atoms with E-state index >= 15 is 0 Å². The van der Waals surface area contributed by atoms with Crippen LogP contribution in [0.25, 0.3) is 0 Å². The molecule has 0 aliphatic carbocycles. The van der Waals surface area contributed by atoms with Gasteiger partial charge in [-0.1, -0.05) is 42.8 Å². The summed E-state index contributed by atoms with van der Waals surface area (Å²) >= 11 is 3.55. The SMILES string of the molecule is COc1cccc(OC2CCc3cc(Br)ccc3N(C(=O)C(C)(C)C)C2)c1. The second-order valence-corrected chi connectivity index (χ2v) is 8.81. The van der Waals surface area contributed by atoms with Crippen LogP contribution < -0.4 is 14.4 Å². The zero-order chi connectivity index (χ0) is 19.6. The molecule has 4 nitrogen and oxygen atoms in total. The molecule has 0 aromatic heterocycles. The Balaban J connectivity index is 1.90. The first-order valence-electron chi connectivity index (χ1n) is 9.19. The molecule has 0 spiro atoms. The lowest BCUT2D eigenvalue weighted by molar-refractivity contribution is -0.126. The molecule has 1 atom stereocenters. The number of benzene rings is 2. The van der Waals surface area contributed by atoms with Crippen LogP contribution in [-0.4, -0.2) is 25.7 Å². The molecule has 1 aliphatic heterocycles. The smallest absolute Gasteiger partial charge is 0.232 e. The molecular formula is C22H26BrNO3. The zero-order valence-electron chi connectivity index (χ0n) is 16.3. The van der Waals surface area contributed by atoms with Gasteiger partial charge in [-0.05, 0) is 48.7 Å². The number of halogens is 1. The zero-order valence-corrected chi connectivity index (χ0v) is 17.9. The Hall–Kier alpha value is -2.01. The fourth-order valence-corrected chi connectivity index (χ4v) is 3.70. The number of methoxy groups -OCH3 is 1. The molecule has 1 heterocycles. The van der Waals surface area contributed by atoms with Crippen molar-refractivity contribution in [1.29, 1.82) is 0 Å². The number of carbonyl (C=O) groups excluding carboxylic acids is 1. The Bertz CT molecular complexity index is 829. The Morgan fingerprint density at radius 1 is 1.15 bits per heavy atom. The van der Waals surface area contributed by atoms with Gasteiger partial charge in [-0.2, -0.15) is 0 Å². The normalized spacial score (nSPS) is 17.1. The van der Waals surface area contributed by atoms with Crippen molar-refractivity contribution in [3.8, 4) is 11.5 Å². The van der Waals surface area contributed by atoms with E-state index in [0.717, 1.165) is 34.5 Å². The molecule has 0 N–H and O–H groups in total. The molecule has 2 aromatic carbocycles. The van der Waals surface area contributed by atoms with Gasteiger partial charge in [0, 0.05) is 21.6 Å². The van der Waals surface area contributed by atoms with Crippen molar-refractivity contribution in [2.45, 2.75) is 39.7 Å². The number of aryl methyl sites for hydroxylation is 1. The minimum atomic E-state index is -0.463. The van der Waals surface area contributed by atoms with Gasteiger partial charge in [0.1, 0.15) is 17.6 Å². The Morgan fingerprint density at radius 3 is 2.59 bits per heavy atom. The topological polar surface area (TPSA) is 38.8 Å². The summed E-state index contributed by atoms with van der Waals surface area (Å²) in [6.07, 6.45) is 1.61. The molecule has 144 valence electrons. The van der Waals surface area contributed by atoms with Crippen LogP contribution in [-0.2, 0) is 11.2 Å². The largest absolute Gasteiger partial charge is 0.497 e. The Kier molecular flexibility index (Phi) is 5.80. The minimum absolute atomic E-state index is 0.0884. The van der Waals surface area contributed by atoms with Crippen LogP contribution >= 0.6 is 15.9 Å². The molecule has 0 radical (unpaired) electrons. The Labute approximate surface area is 169 Å². The number of carbonyl (C=O) groups is 1. The van der Waals surface area contributed by atoms with E-state index in [1.165, 1.54) is 5.56 Å². The van der Waals surface area contributed by atoms with Crippen LogP contribution in [0.15, 0.2) is 46.9 Å².